The van der Waals surface area contributed by atoms with E-state index in [-0.39, 0.29) is 32.8 Å². The fraction of sp³-hybridized carbons (Fsp3) is 0.208. The van der Waals surface area contributed by atoms with Gasteiger partial charge in [-0.2, -0.15) is 17.9 Å². The molecule has 3 aromatic carbocycles. The summed E-state index contributed by atoms with van der Waals surface area (Å²) in [6, 6.07) is 13.4. The molecule has 0 bridgehead atoms. The zero-order chi connectivity index (χ0) is 26.5. The van der Waals surface area contributed by atoms with Crippen molar-refractivity contribution in [3.8, 4) is 5.75 Å². The van der Waals surface area contributed by atoms with Crippen LogP contribution in [-0.2, 0) is 27.4 Å². The maximum atomic E-state index is 13.1. The highest BCUT2D eigenvalue weighted by Gasteiger charge is 2.32. The Bertz CT molecular complexity index is 1340. The number of carbonyl (C=O) groups is 1. The van der Waals surface area contributed by atoms with E-state index in [4.69, 9.17) is 27.9 Å². The third-order valence-corrected chi connectivity index (χ3v) is 7.06. The molecule has 0 spiro atoms. The Kier molecular flexibility index (Phi) is 8.89. The molecule has 0 aromatic heterocycles. The van der Waals surface area contributed by atoms with Crippen molar-refractivity contribution in [3.05, 3.63) is 87.9 Å². The van der Waals surface area contributed by atoms with Crippen molar-refractivity contribution in [2.75, 3.05) is 11.9 Å². The average Bonchev–Trinajstić information content (AvgIpc) is 2.81. The van der Waals surface area contributed by atoms with Gasteiger partial charge in [-0.05, 0) is 55.3 Å². The summed E-state index contributed by atoms with van der Waals surface area (Å²) in [5.41, 5.74) is -0.718. The molecule has 3 aromatic rings. The van der Waals surface area contributed by atoms with Crippen LogP contribution in [0.2, 0.25) is 10.0 Å². The molecule has 1 amide bonds. The van der Waals surface area contributed by atoms with Crippen LogP contribution in [-0.4, -0.2) is 27.0 Å². The van der Waals surface area contributed by atoms with Gasteiger partial charge in [0, 0.05) is 0 Å². The Morgan fingerprint density at radius 3 is 2.31 bits per heavy atom. The summed E-state index contributed by atoms with van der Waals surface area (Å²) in [4.78, 5) is 12.9. The molecular formula is C24H21Cl2F3N2O4S. The van der Waals surface area contributed by atoms with Gasteiger partial charge in [0.15, 0.2) is 0 Å². The molecule has 12 heteroatoms. The summed E-state index contributed by atoms with van der Waals surface area (Å²) < 4.78 is 73.2. The summed E-state index contributed by atoms with van der Waals surface area (Å²) in [5.74, 6) is -0.614. The molecular weight excluding hydrogens is 540 g/mol. The van der Waals surface area contributed by atoms with Crippen LogP contribution in [0, 0.1) is 0 Å². The molecule has 0 unspecified atom stereocenters. The van der Waals surface area contributed by atoms with Crippen molar-refractivity contribution in [3.63, 3.8) is 0 Å². The van der Waals surface area contributed by atoms with Crippen molar-refractivity contribution in [1.82, 2.24) is 4.72 Å². The van der Waals surface area contributed by atoms with Crippen LogP contribution in [0.5, 0.6) is 5.75 Å². The number of sulfonamides is 1. The van der Waals surface area contributed by atoms with Crippen molar-refractivity contribution >= 4 is 44.8 Å². The molecule has 36 heavy (non-hydrogen) atoms. The van der Waals surface area contributed by atoms with Gasteiger partial charge in [-0.15, -0.1) is 0 Å². The molecule has 0 saturated heterocycles. The number of ether oxygens (including phenoxy) is 1. The highest BCUT2D eigenvalue weighted by Crippen LogP contribution is 2.34. The largest absolute Gasteiger partial charge is 0.492 e. The van der Waals surface area contributed by atoms with E-state index in [0.29, 0.717) is 18.2 Å². The number of anilines is 1. The number of benzene rings is 3. The van der Waals surface area contributed by atoms with E-state index in [1.165, 1.54) is 18.2 Å². The maximum Gasteiger partial charge on any atom is 0.416 e. The van der Waals surface area contributed by atoms with Crippen molar-refractivity contribution in [2.24, 2.45) is 0 Å². The lowest BCUT2D eigenvalue weighted by Gasteiger charge is -2.20. The minimum Gasteiger partial charge on any atom is -0.492 e. The first-order valence-corrected chi connectivity index (χ1v) is 12.8. The number of halogens is 5. The summed E-state index contributed by atoms with van der Waals surface area (Å²) in [7, 11) is -4.28. The smallest absolute Gasteiger partial charge is 0.416 e. The molecule has 0 saturated carbocycles. The van der Waals surface area contributed by atoms with Crippen molar-refractivity contribution < 1.29 is 31.1 Å². The van der Waals surface area contributed by atoms with Gasteiger partial charge in [-0.3, -0.25) is 4.79 Å². The number of hydrogen-bond acceptors (Lipinski definition) is 4. The number of carbonyl (C=O) groups excluding carboxylic acids is 1. The van der Waals surface area contributed by atoms with Crippen molar-refractivity contribution in [1.29, 1.82) is 0 Å². The molecule has 0 aliphatic rings. The van der Waals surface area contributed by atoms with Crippen LogP contribution in [0.15, 0.2) is 71.6 Å². The monoisotopic (exact) mass is 560 g/mol. The maximum absolute atomic E-state index is 13.1. The SMILES string of the molecule is CCOc1ccc(S(=O)(=O)N[C@@H](Cc2ccccc2)C(=O)Nc2cc(C(F)(F)F)ccc2Cl)cc1Cl. The van der Waals surface area contributed by atoms with Gasteiger partial charge in [0.1, 0.15) is 11.8 Å². The van der Waals surface area contributed by atoms with Crippen LogP contribution in [0.1, 0.15) is 18.1 Å². The third kappa shape index (κ3) is 7.13. The van der Waals surface area contributed by atoms with E-state index in [1.807, 2.05) is 0 Å². The highest BCUT2D eigenvalue weighted by atomic mass is 35.5. The number of hydrogen-bond donors (Lipinski definition) is 2. The summed E-state index contributed by atoms with van der Waals surface area (Å²) in [5, 5.41) is 2.22. The summed E-state index contributed by atoms with van der Waals surface area (Å²) in [6.07, 6.45) is -4.75. The molecule has 6 nitrogen and oxygen atoms in total. The van der Waals surface area contributed by atoms with Crippen LogP contribution in [0.3, 0.4) is 0 Å². The quantitative estimate of drug-likeness (QED) is 0.339. The lowest BCUT2D eigenvalue weighted by molar-refractivity contribution is -0.137. The number of amides is 1. The standard InChI is InChI=1S/C24H21Cl2F3N2O4S/c1-2-35-22-11-9-17(14-19(22)26)36(33,34)31-21(12-15-6-4-3-5-7-15)23(32)30-20-13-16(24(27,28)29)8-10-18(20)25/h3-11,13-14,21,31H,2,12H2,1H3,(H,30,32)/t21-/m0/s1. The summed E-state index contributed by atoms with van der Waals surface area (Å²) in [6.45, 7) is 2.06. The van der Waals surface area contributed by atoms with Crippen LogP contribution in [0.4, 0.5) is 18.9 Å². The molecule has 3 rings (SSSR count). The van der Waals surface area contributed by atoms with E-state index in [0.717, 1.165) is 12.1 Å². The second-order valence-electron chi connectivity index (χ2n) is 7.57. The molecule has 0 heterocycles. The third-order valence-electron chi connectivity index (χ3n) is 4.96. The molecule has 0 aliphatic heterocycles. The number of alkyl halides is 3. The fourth-order valence-corrected chi connectivity index (χ4v) is 4.92. The van der Waals surface area contributed by atoms with Crippen LogP contribution < -0.4 is 14.8 Å². The van der Waals surface area contributed by atoms with E-state index in [9.17, 15) is 26.4 Å². The lowest BCUT2D eigenvalue weighted by Crippen LogP contribution is -2.45. The first-order valence-electron chi connectivity index (χ1n) is 10.6. The molecule has 1 atom stereocenters. The zero-order valence-corrected chi connectivity index (χ0v) is 21.1. The minimum atomic E-state index is -4.66. The lowest BCUT2D eigenvalue weighted by atomic mass is 10.1. The zero-order valence-electron chi connectivity index (χ0n) is 18.8. The second-order valence-corrected chi connectivity index (χ2v) is 10.1. The molecule has 0 aliphatic carbocycles. The van der Waals surface area contributed by atoms with Gasteiger partial charge in [0.2, 0.25) is 15.9 Å². The van der Waals surface area contributed by atoms with Gasteiger partial charge in [-0.1, -0.05) is 53.5 Å². The number of rotatable bonds is 9. The first-order chi connectivity index (χ1) is 16.9. The Morgan fingerprint density at radius 2 is 1.69 bits per heavy atom. The molecule has 0 fully saturated rings. The summed E-state index contributed by atoms with van der Waals surface area (Å²) >= 11 is 12.1. The van der Waals surface area contributed by atoms with Crippen LogP contribution in [0.25, 0.3) is 0 Å². The molecule has 2 N–H and O–H groups in total. The van der Waals surface area contributed by atoms with Gasteiger partial charge in [0.05, 0.1) is 32.8 Å². The Labute approximate surface area is 216 Å². The molecule has 192 valence electrons. The topological polar surface area (TPSA) is 84.5 Å². The van der Waals surface area contributed by atoms with Gasteiger partial charge >= 0.3 is 6.18 Å². The average molecular weight is 561 g/mol. The van der Waals surface area contributed by atoms with Gasteiger partial charge in [0.25, 0.3) is 0 Å². The van der Waals surface area contributed by atoms with Gasteiger partial charge in [-0.25, -0.2) is 8.42 Å². The van der Waals surface area contributed by atoms with Crippen LogP contribution >= 0.6 is 23.2 Å². The number of nitrogens with one attached hydrogen (secondary N) is 2. The second kappa shape index (κ2) is 11.5. The Balaban J connectivity index is 1.92. The Hall–Kier alpha value is -2.79. The van der Waals surface area contributed by atoms with E-state index < -0.39 is 33.7 Å². The molecule has 0 radical (unpaired) electrons. The highest BCUT2D eigenvalue weighted by molar-refractivity contribution is 7.89. The van der Waals surface area contributed by atoms with Gasteiger partial charge < -0.3 is 10.1 Å². The minimum absolute atomic E-state index is 0.0551. The van der Waals surface area contributed by atoms with E-state index >= 15 is 0 Å². The first kappa shape index (κ1) is 27.8. The van der Waals surface area contributed by atoms with Crippen molar-refractivity contribution in [2.45, 2.75) is 30.5 Å². The Morgan fingerprint density at radius 1 is 1.00 bits per heavy atom. The fourth-order valence-electron chi connectivity index (χ4n) is 3.23. The van der Waals surface area contributed by atoms with E-state index in [1.54, 1.807) is 37.3 Å². The predicted molar refractivity (Wildman–Crippen MR) is 132 cm³/mol. The predicted octanol–water partition coefficient (Wildman–Crippen LogP) is 5.94. The van der Waals surface area contributed by atoms with E-state index in [2.05, 4.69) is 10.0 Å². The normalized spacial score (nSPS) is 12.7.